The Hall–Kier alpha value is -0.298. The summed E-state index contributed by atoms with van der Waals surface area (Å²) in [4.78, 5) is 9.81. The summed E-state index contributed by atoms with van der Waals surface area (Å²) in [5, 5.41) is 0. The van der Waals surface area contributed by atoms with Gasteiger partial charge in [-0.05, 0) is 25.5 Å². The van der Waals surface area contributed by atoms with Crippen molar-refractivity contribution in [3.8, 4) is 5.75 Å². The van der Waals surface area contributed by atoms with Gasteiger partial charge in [0.05, 0.1) is 6.10 Å². The second kappa shape index (κ2) is 15.7. The summed E-state index contributed by atoms with van der Waals surface area (Å²) in [5.41, 5.74) is 0. The zero-order valence-corrected chi connectivity index (χ0v) is 16.8. The number of para-hydroxylation sites is 1. The van der Waals surface area contributed by atoms with Crippen molar-refractivity contribution in [3.05, 3.63) is 30.3 Å². The monoisotopic (exact) mass is 400 g/mol. The predicted octanol–water partition coefficient (Wildman–Crippen LogP) is 5.70. The number of phosphoric acid groups is 1. The molecule has 0 spiro atoms. The Morgan fingerprint density at radius 2 is 1.42 bits per heavy atom. The van der Waals surface area contributed by atoms with Crippen LogP contribution in [0, 0.1) is 0 Å². The van der Waals surface area contributed by atoms with E-state index in [1.165, 1.54) is 51.4 Å². The molecular formula is C20H38AlO4P. The first-order chi connectivity index (χ1) is 12.0. The number of rotatable bonds is 15. The van der Waals surface area contributed by atoms with Crippen molar-refractivity contribution in [3.63, 3.8) is 0 Å². The summed E-state index contributed by atoms with van der Waals surface area (Å²) in [6.07, 6.45) is 13.3. The highest BCUT2D eigenvalue weighted by atomic mass is 31.2. The molecular weight excluding hydrogens is 362 g/mol. The third kappa shape index (κ3) is 13.8. The fraction of sp³-hybridized carbons (Fsp3) is 0.700. The molecule has 2 atom stereocenters. The van der Waals surface area contributed by atoms with E-state index in [0.717, 1.165) is 19.3 Å². The Labute approximate surface area is 170 Å². The summed E-state index contributed by atoms with van der Waals surface area (Å²) in [6.45, 7) is 4.07. The lowest BCUT2D eigenvalue weighted by Crippen LogP contribution is -2.09. The van der Waals surface area contributed by atoms with Gasteiger partial charge in [-0.3, -0.25) is 9.42 Å². The van der Waals surface area contributed by atoms with E-state index in [1.807, 2.05) is 13.0 Å². The van der Waals surface area contributed by atoms with Crippen molar-refractivity contribution >= 4 is 25.2 Å². The van der Waals surface area contributed by atoms with Crippen LogP contribution in [-0.4, -0.2) is 28.4 Å². The maximum absolute atomic E-state index is 12.0. The second-order valence-electron chi connectivity index (χ2n) is 6.76. The Morgan fingerprint density at radius 1 is 0.923 bits per heavy atom. The Balaban J connectivity index is 0.00000625. The molecule has 1 aromatic rings. The molecule has 1 N–H and O–H groups in total. The van der Waals surface area contributed by atoms with Crippen LogP contribution in [0.25, 0.3) is 0 Å². The lowest BCUT2D eigenvalue weighted by atomic mass is 10.1. The third-order valence-electron chi connectivity index (χ3n) is 4.24. The standard InChI is InChI=1S/C20H35O4P.Al.3H/c1-3-4-5-6-7-8-9-10-11-13-16-19(2)23-25(21,22)24-20-17-14-12-15-18-20;;;;/h12,14-15,17-19H,3-11,13,16H2,1-2H3,(H,21,22);;;;. The van der Waals surface area contributed by atoms with E-state index >= 15 is 0 Å². The number of unbranched alkanes of at least 4 members (excludes halogenated alkanes) is 9. The minimum absolute atomic E-state index is 0. The molecule has 0 heterocycles. The van der Waals surface area contributed by atoms with Crippen LogP contribution in [0.15, 0.2) is 30.3 Å². The normalized spacial score (nSPS) is 14.3. The first-order valence-electron chi connectivity index (χ1n) is 9.79. The largest absolute Gasteiger partial charge is 0.527 e. The molecule has 0 aliphatic carbocycles. The van der Waals surface area contributed by atoms with Gasteiger partial charge in [0.25, 0.3) is 0 Å². The van der Waals surface area contributed by atoms with E-state index in [0.29, 0.717) is 5.75 Å². The number of hydrogen-bond acceptors (Lipinski definition) is 3. The molecule has 1 aromatic carbocycles. The second-order valence-corrected chi connectivity index (χ2v) is 8.09. The van der Waals surface area contributed by atoms with Crippen LogP contribution in [0.1, 0.15) is 84.5 Å². The van der Waals surface area contributed by atoms with E-state index < -0.39 is 7.82 Å². The SMILES string of the molecule is CCCCCCCCCCCCC(C)OP(=O)(O)Oc1ccccc1.[AlH3]. The van der Waals surface area contributed by atoms with Gasteiger partial charge < -0.3 is 4.52 Å². The molecule has 0 bridgehead atoms. The van der Waals surface area contributed by atoms with Crippen LogP contribution in [0.3, 0.4) is 0 Å². The van der Waals surface area contributed by atoms with Gasteiger partial charge in [-0.1, -0.05) is 89.3 Å². The van der Waals surface area contributed by atoms with Crippen molar-refractivity contribution in [2.75, 3.05) is 0 Å². The summed E-state index contributed by atoms with van der Waals surface area (Å²) < 4.78 is 22.3. The van der Waals surface area contributed by atoms with E-state index in [-0.39, 0.29) is 23.5 Å². The lowest BCUT2D eigenvalue weighted by molar-refractivity contribution is 0.141. The molecule has 0 aliphatic rings. The number of hydrogen-bond donors (Lipinski definition) is 1. The van der Waals surface area contributed by atoms with Gasteiger partial charge in [0.2, 0.25) is 0 Å². The molecule has 0 aromatic heterocycles. The van der Waals surface area contributed by atoms with Crippen molar-refractivity contribution in [1.82, 2.24) is 0 Å². The first-order valence-corrected chi connectivity index (χ1v) is 11.3. The van der Waals surface area contributed by atoms with Gasteiger partial charge in [-0.15, -0.1) is 0 Å². The quantitative estimate of drug-likeness (QED) is 0.233. The van der Waals surface area contributed by atoms with Gasteiger partial charge in [0.15, 0.2) is 17.4 Å². The zero-order chi connectivity index (χ0) is 18.4. The molecule has 6 heteroatoms. The van der Waals surface area contributed by atoms with Crippen molar-refractivity contribution in [2.45, 2.75) is 90.6 Å². The molecule has 0 fully saturated rings. The number of benzene rings is 1. The topological polar surface area (TPSA) is 55.8 Å². The van der Waals surface area contributed by atoms with E-state index in [9.17, 15) is 9.46 Å². The molecule has 0 saturated carbocycles. The third-order valence-corrected chi connectivity index (χ3v) is 5.31. The van der Waals surface area contributed by atoms with Crippen LogP contribution < -0.4 is 4.52 Å². The first kappa shape index (κ1) is 25.7. The average Bonchev–Trinajstić information content (AvgIpc) is 2.56. The zero-order valence-electron chi connectivity index (χ0n) is 15.9. The maximum atomic E-state index is 12.0. The van der Waals surface area contributed by atoms with Crippen LogP contribution >= 0.6 is 7.82 Å². The molecule has 150 valence electrons. The highest BCUT2D eigenvalue weighted by Crippen LogP contribution is 2.45. The molecule has 2 unspecified atom stereocenters. The Morgan fingerprint density at radius 3 is 1.96 bits per heavy atom. The van der Waals surface area contributed by atoms with Crippen LogP contribution in [-0.2, 0) is 9.09 Å². The van der Waals surface area contributed by atoms with Gasteiger partial charge >= 0.3 is 7.82 Å². The molecule has 4 nitrogen and oxygen atoms in total. The van der Waals surface area contributed by atoms with Gasteiger partial charge in [0.1, 0.15) is 5.75 Å². The average molecular weight is 400 g/mol. The summed E-state index contributed by atoms with van der Waals surface area (Å²) in [6, 6.07) is 8.60. The van der Waals surface area contributed by atoms with Crippen LogP contribution in [0.2, 0.25) is 0 Å². The highest BCUT2D eigenvalue weighted by Gasteiger charge is 2.25. The van der Waals surface area contributed by atoms with E-state index in [2.05, 4.69) is 6.92 Å². The van der Waals surface area contributed by atoms with E-state index in [1.54, 1.807) is 24.3 Å². The minimum atomic E-state index is -4.05. The predicted molar refractivity (Wildman–Crippen MR) is 114 cm³/mol. The lowest BCUT2D eigenvalue weighted by Gasteiger charge is -2.17. The fourth-order valence-corrected chi connectivity index (χ4v) is 3.83. The van der Waals surface area contributed by atoms with Crippen LogP contribution in [0.5, 0.6) is 5.75 Å². The Bertz CT molecular complexity index is 484. The minimum Gasteiger partial charge on any atom is -0.404 e. The molecule has 0 aliphatic heterocycles. The van der Waals surface area contributed by atoms with E-state index in [4.69, 9.17) is 9.05 Å². The summed E-state index contributed by atoms with van der Waals surface area (Å²) in [7, 11) is -4.05. The smallest absolute Gasteiger partial charge is 0.404 e. The summed E-state index contributed by atoms with van der Waals surface area (Å²) >= 11 is 0. The molecule has 0 radical (unpaired) electrons. The fourth-order valence-electron chi connectivity index (χ4n) is 2.84. The van der Waals surface area contributed by atoms with Crippen molar-refractivity contribution in [2.24, 2.45) is 0 Å². The van der Waals surface area contributed by atoms with Gasteiger partial charge in [-0.25, -0.2) is 4.57 Å². The Kier molecular flexibility index (Phi) is 15.6. The summed E-state index contributed by atoms with van der Waals surface area (Å²) in [5.74, 6) is 0.347. The van der Waals surface area contributed by atoms with Crippen molar-refractivity contribution < 1.29 is 18.5 Å². The number of phosphoric ester groups is 1. The van der Waals surface area contributed by atoms with Gasteiger partial charge in [-0.2, -0.15) is 0 Å². The molecule has 0 amide bonds. The molecule has 1 rings (SSSR count). The highest BCUT2D eigenvalue weighted by molar-refractivity contribution is 7.47. The van der Waals surface area contributed by atoms with Crippen molar-refractivity contribution in [1.29, 1.82) is 0 Å². The molecule has 26 heavy (non-hydrogen) atoms. The van der Waals surface area contributed by atoms with Crippen LogP contribution in [0.4, 0.5) is 0 Å². The van der Waals surface area contributed by atoms with Gasteiger partial charge in [0, 0.05) is 0 Å². The maximum Gasteiger partial charge on any atom is 0.527 e. The molecule has 0 saturated heterocycles.